The summed E-state index contributed by atoms with van der Waals surface area (Å²) >= 11 is 0. The van der Waals surface area contributed by atoms with Crippen LogP contribution in [0.3, 0.4) is 0 Å². The zero-order valence-electron chi connectivity index (χ0n) is 7.48. The molecule has 0 unspecified atom stereocenters. The smallest absolute Gasteiger partial charge is 0.167 e. The van der Waals surface area contributed by atoms with E-state index in [-0.39, 0.29) is 0 Å². The molecule has 0 aromatic carbocycles. The molecular weight excluding hydrogens is 150 g/mol. The molecule has 1 aliphatic carbocycles. The van der Waals surface area contributed by atoms with Gasteiger partial charge in [0.1, 0.15) is 0 Å². The van der Waals surface area contributed by atoms with Gasteiger partial charge in [-0.25, -0.2) is 0 Å². The summed E-state index contributed by atoms with van der Waals surface area (Å²) in [7, 11) is 0. The highest BCUT2D eigenvalue weighted by Crippen LogP contribution is 2.33. The zero-order chi connectivity index (χ0) is 8.72. The van der Waals surface area contributed by atoms with E-state index in [2.05, 4.69) is 4.98 Å². The lowest BCUT2D eigenvalue weighted by atomic mass is 10.1. The first kappa shape index (κ1) is 7.59. The largest absolute Gasteiger partial charge is 0.362 e. The second-order valence-corrected chi connectivity index (χ2v) is 3.63. The fraction of sp³-hybridized carbons (Fsp3) is 0.500. The number of ketones is 1. The van der Waals surface area contributed by atoms with Gasteiger partial charge in [0.05, 0.1) is 0 Å². The van der Waals surface area contributed by atoms with Crippen molar-refractivity contribution in [3.05, 3.63) is 23.0 Å². The van der Waals surface area contributed by atoms with Crippen LogP contribution >= 0.6 is 0 Å². The third-order valence-electron chi connectivity index (χ3n) is 2.36. The number of aromatic amines is 1. The number of carbonyl (C=O) groups is 1. The van der Waals surface area contributed by atoms with Crippen molar-refractivity contribution in [3.8, 4) is 0 Å². The summed E-state index contributed by atoms with van der Waals surface area (Å²) in [5.41, 5.74) is 3.00. The van der Waals surface area contributed by atoms with Gasteiger partial charge in [-0.15, -0.1) is 0 Å². The van der Waals surface area contributed by atoms with Crippen molar-refractivity contribution in [1.29, 1.82) is 0 Å². The van der Waals surface area contributed by atoms with Crippen molar-refractivity contribution < 1.29 is 4.79 Å². The average Bonchev–Trinajstić information content (AvgIpc) is 2.77. The van der Waals surface area contributed by atoms with Crippen molar-refractivity contribution in [2.24, 2.45) is 5.92 Å². The number of hydrogen-bond acceptors (Lipinski definition) is 1. The van der Waals surface area contributed by atoms with Crippen LogP contribution in [-0.2, 0) is 0 Å². The van der Waals surface area contributed by atoms with Gasteiger partial charge in [0, 0.05) is 22.9 Å². The lowest BCUT2D eigenvalue weighted by molar-refractivity contribution is 0.0967. The standard InChI is InChI=1S/C10H13NO/c1-6-5-9(7(2)11-6)10(12)8-3-4-8/h5,8,11H,3-4H2,1-2H3. The molecule has 2 rings (SSSR count). The molecule has 12 heavy (non-hydrogen) atoms. The van der Waals surface area contributed by atoms with Gasteiger partial charge in [0.25, 0.3) is 0 Å². The topological polar surface area (TPSA) is 32.9 Å². The third kappa shape index (κ3) is 1.17. The number of aromatic nitrogens is 1. The third-order valence-corrected chi connectivity index (χ3v) is 2.36. The van der Waals surface area contributed by atoms with Crippen LogP contribution in [0.15, 0.2) is 6.07 Å². The highest BCUT2D eigenvalue weighted by molar-refractivity contribution is 6.00. The molecule has 0 bridgehead atoms. The van der Waals surface area contributed by atoms with Gasteiger partial charge in [0.2, 0.25) is 0 Å². The second kappa shape index (κ2) is 2.47. The van der Waals surface area contributed by atoms with Crippen molar-refractivity contribution in [1.82, 2.24) is 4.98 Å². The Bertz CT molecular complexity index is 321. The first-order valence-electron chi connectivity index (χ1n) is 4.39. The Balaban J connectivity index is 2.31. The maximum atomic E-state index is 11.6. The monoisotopic (exact) mass is 163 g/mol. The highest BCUT2D eigenvalue weighted by atomic mass is 16.1. The molecule has 1 aromatic rings. The molecule has 0 amide bonds. The van der Waals surface area contributed by atoms with E-state index in [9.17, 15) is 4.79 Å². The van der Waals surface area contributed by atoms with Crippen molar-refractivity contribution in [2.45, 2.75) is 26.7 Å². The van der Waals surface area contributed by atoms with E-state index < -0.39 is 0 Å². The molecule has 1 N–H and O–H groups in total. The van der Waals surface area contributed by atoms with Crippen molar-refractivity contribution in [3.63, 3.8) is 0 Å². The molecule has 1 heterocycles. The van der Waals surface area contributed by atoms with E-state index >= 15 is 0 Å². The van der Waals surface area contributed by atoms with Crippen LogP contribution in [0.2, 0.25) is 0 Å². The van der Waals surface area contributed by atoms with Gasteiger partial charge >= 0.3 is 0 Å². The number of rotatable bonds is 2. The number of H-pyrrole nitrogens is 1. The van der Waals surface area contributed by atoms with Gasteiger partial charge in [-0.2, -0.15) is 0 Å². The maximum absolute atomic E-state index is 11.6. The van der Waals surface area contributed by atoms with E-state index in [1.165, 1.54) is 0 Å². The van der Waals surface area contributed by atoms with Crippen LogP contribution in [-0.4, -0.2) is 10.8 Å². The van der Waals surface area contributed by atoms with Crippen LogP contribution in [0.4, 0.5) is 0 Å². The van der Waals surface area contributed by atoms with Gasteiger partial charge in [-0.1, -0.05) is 0 Å². The Kier molecular flexibility index (Phi) is 1.56. The van der Waals surface area contributed by atoms with E-state index in [1.54, 1.807) is 0 Å². The van der Waals surface area contributed by atoms with Gasteiger partial charge in [0.15, 0.2) is 5.78 Å². The Hall–Kier alpha value is -1.05. The average molecular weight is 163 g/mol. The number of nitrogens with one attached hydrogen (secondary N) is 1. The minimum Gasteiger partial charge on any atom is -0.362 e. The maximum Gasteiger partial charge on any atom is 0.167 e. The van der Waals surface area contributed by atoms with Crippen molar-refractivity contribution in [2.75, 3.05) is 0 Å². The summed E-state index contributed by atoms with van der Waals surface area (Å²) in [5.74, 6) is 0.663. The van der Waals surface area contributed by atoms with Crippen LogP contribution in [0.1, 0.15) is 34.6 Å². The number of carbonyl (C=O) groups excluding carboxylic acids is 1. The Morgan fingerprint density at radius 1 is 1.50 bits per heavy atom. The van der Waals surface area contributed by atoms with Crippen LogP contribution in [0, 0.1) is 19.8 Å². The van der Waals surface area contributed by atoms with E-state index in [0.29, 0.717) is 11.7 Å². The van der Waals surface area contributed by atoms with Crippen molar-refractivity contribution >= 4 is 5.78 Å². The van der Waals surface area contributed by atoms with Crippen LogP contribution in [0.25, 0.3) is 0 Å². The molecule has 0 radical (unpaired) electrons. The van der Waals surface area contributed by atoms with Gasteiger partial charge in [-0.3, -0.25) is 4.79 Å². The molecule has 1 aromatic heterocycles. The first-order chi connectivity index (χ1) is 5.68. The first-order valence-corrected chi connectivity index (χ1v) is 4.39. The SMILES string of the molecule is Cc1cc(C(=O)C2CC2)c(C)[nH]1. The fourth-order valence-electron chi connectivity index (χ4n) is 1.55. The molecule has 1 fully saturated rings. The summed E-state index contributed by atoms with van der Waals surface area (Å²) in [5, 5.41) is 0. The van der Waals surface area contributed by atoms with E-state index in [4.69, 9.17) is 0 Å². The minimum absolute atomic E-state index is 0.330. The summed E-state index contributed by atoms with van der Waals surface area (Å²) in [6.45, 7) is 3.94. The minimum atomic E-state index is 0.330. The predicted octanol–water partition coefficient (Wildman–Crippen LogP) is 2.22. The highest BCUT2D eigenvalue weighted by Gasteiger charge is 2.31. The van der Waals surface area contributed by atoms with E-state index in [0.717, 1.165) is 29.8 Å². The molecule has 2 nitrogen and oxygen atoms in total. The fourth-order valence-corrected chi connectivity index (χ4v) is 1.55. The molecule has 0 spiro atoms. The predicted molar refractivity (Wildman–Crippen MR) is 47.3 cm³/mol. The summed E-state index contributed by atoms with van der Waals surface area (Å²) in [6, 6.07) is 1.95. The Morgan fingerprint density at radius 2 is 2.17 bits per heavy atom. The molecule has 1 saturated carbocycles. The molecule has 64 valence electrons. The van der Waals surface area contributed by atoms with Crippen LogP contribution < -0.4 is 0 Å². The molecule has 0 aliphatic heterocycles. The summed E-state index contributed by atoms with van der Waals surface area (Å²) in [6.07, 6.45) is 2.17. The molecule has 0 atom stereocenters. The number of hydrogen-bond donors (Lipinski definition) is 1. The second-order valence-electron chi connectivity index (χ2n) is 3.63. The van der Waals surface area contributed by atoms with Gasteiger partial charge < -0.3 is 4.98 Å². The summed E-state index contributed by atoms with van der Waals surface area (Å²) in [4.78, 5) is 14.8. The number of Topliss-reactive ketones (excluding diaryl/α,β-unsaturated/α-hetero) is 1. The molecular formula is C10H13NO. The zero-order valence-corrected chi connectivity index (χ0v) is 7.48. The van der Waals surface area contributed by atoms with Gasteiger partial charge in [-0.05, 0) is 32.8 Å². The van der Waals surface area contributed by atoms with Crippen LogP contribution in [0.5, 0.6) is 0 Å². The molecule has 0 saturated heterocycles. The lowest BCUT2D eigenvalue weighted by Gasteiger charge is -1.94. The Morgan fingerprint density at radius 3 is 2.58 bits per heavy atom. The van der Waals surface area contributed by atoms with E-state index in [1.807, 2.05) is 19.9 Å². The molecule has 2 heteroatoms. The number of aryl methyl sites for hydroxylation is 2. The Labute approximate surface area is 72.0 Å². The lowest BCUT2D eigenvalue weighted by Crippen LogP contribution is -2.01. The molecule has 1 aliphatic rings. The normalized spacial score (nSPS) is 16.5. The summed E-state index contributed by atoms with van der Waals surface area (Å²) < 4.78 is 0. The quantitative estimate of drug-likeness (QED) is 0.666.